The Hall–Kier alpha value is -0.850. The van der Waals surface area contributed by atoms with E-state index in [9.17, 15) is 4.79 Å². The van der Waals surface area contributed by atoms with E-state index in [0.717, 1.165) is 0 Å². The summed E-state index contributed by atoms with van der Waals surface area (Å²) < 4.78 is 0. The van der Waals surface area contributed by atoms with Crippen LogP contribution in [0.2, 0.25) is 0 Å². The minimum absolute atomic E-state index is 0.693. The fourth-order valence-electron chi connectivity index (χ4n) is 0.323. The van der Waals surface area contributed by atoms with Crippen molar-refractivity contribution in [3.8, 4) is 0 Å². The molecule has 0 aliphatic carbocycles. The number of rotatable bonds is 3. The lowest BCUT2D eigenvalue weighted by atomic mass is 10.3. The van der Waals surface area contributed by atoms with E-state index >= 15 is 0 Å². The van der Waals surface area contributed by atoms with Gasteiger partial charge in [-0.2, -0.15) is 0 Å². The van der Waals surface area contributed by atoms with Gasteiger partial charge in [-0.25, -0.2) is 4.79 Å². The number of hydrogen-bond acceptors (Lipinski definition) is 4. The SMILES string of the molecule is O=C(O)NC(O)C(O)CO. The zero-order chi connectivity index (χ0) is 8.15. The lowest BCUT2D eigenvalue weighted by Crippen LogP contribution is -2.44. The van der Waals surface area contributed by atoms with Crippen molar-refractivity contribution in [2.45, 2.75) is 12.3 Å². The normalized spacial score (nSPS) is 15.9. The second kappa shape index (κ2) is 4.04. The lowest BCUT2D eigenvalue weighted by Gasteiger charge is -2.14. The molecule has 0 aliphatic rings. The summed E-state index contributed by atoms with van der Waals surface area (Å²) in [7, 11) is 0. The van der Waals surface area contributed by atoms with Gasteiger partial charge in [-0.1, -0.05) is 0 Å². The molecule has 0 bridgehead atoms. The van der Waals surface area contributed by atoms with Crippen molar-refractivity contribution in [2.75, 3.05) is 6.61 Å². The van der Waals surface area contributed by atoms with Gasteiger partial charge < -0.3 is 20.4 Å². The van der Waals surface area contributed by atoms with Gasteiger partial charge in [0.2, 0.25) is 0 Å². The summed E-state index contributed by atoms with van der Waals surface area (Å²) in [6.07, 6.45) is -4.57. The highest BCUT2D eigenvalue weighted by Crippen LogP contribution is 1.86. The molecule has 2 unspecified atom stereocenters. The smallest absolute Gasteiger partial charge is 0.406 e. The Labute approximate surface area is 56.7 Å². The topological polar surface area (TPSA) is 110 Å². The number of amides is 1. The van der Waals surface area contributed by atoms with Crippen molar-refractivity contribution in [1.29, 1.82) is 0 Å². The third kappa shape index (κ3) is 3.23. The van der Waals surface area contributed by atoms with Crippen LogP contribution in [0.5, 0.6) is 0 Å². The van der Waals surface area contributed by atoms with E-state index in [1.165, 1.54) is 0 Å². The third-order valence-corrected chi connectivity index (χ3v) is 0.823. The number of carbonyl (C=O) groups is 1. The molecule has 60 valence electrons. The molecule has 5 N–H and O–H groups in total. The van der Waals surface area contributed by atoms with Crippen molar-refractivity contribution < 1.29 is 25.2 Å². The Bertz CT molecular complexity index is 116. The Balaban J connectivity index is 3.61. The van der Waals surface area contributed by atoms with Crippen LogP contribution < -0.4 is 5.32 Å². The van der Waals surface area contributed by atoms with Gasteiger partial charge in [0.1, 0.15) is 6.10 Å². The molecule has 10 heavy (non-hydrogen) atoms. The number of carboxylic acid groups (broad SMARTS) is 1. The predicted octanol–water partition coefficient (Wildman–Crippen LogP) is -2.07. The molecule has 2 atom stereocenters. The van der Waals surface area contributed by atoms with E-state index < -0.39 is 25.0 Å². The number of nitrogens with one attached hydrogen (secondary N) is 1. The van der Waals surface area contributed by atoms with Crippen LogP contribution in [-0.2, 0) is 0 Å². The Morgan fingerprint density at radius 1 is 1.50 bits per heavy atom. The molecule has 0 aromatic carbocycles. The summed E-state index contributed by atoms with van der Waals surface area (Å²) in [4.78, 5) is 9.77. The first-order chi connectivity index (χ1) is 4.57. The van der Waals surface area contributed by atoms with E-state index in [4.69, 9.17) is 20.4 Å². The average molecular weight is 151 g/mol. The zero-order valence-electron chi connectivity index (χ0n) is 5.06. The second-order valence-corrected chi connectivity index (χ2v) is 1.64. The van der Waals surface area contributed by atoms with Gasteiger partial charge in [0.15, 0.2) is 6.23 Å². The second-order valence-electron chi connectivity index (χ2n) is 1.64. The van der Waals surface area contributed by atoms with E-state index in [-0.39, 0.29) is 0 Å². The molecule has 0 saturated heterocycles. The van der Waals surface area contributed by atoms with Crippen LogP contribution in [0.4, 0.5) is 4.79 Å². The summed E-state index contributed by atoms with van der Waals surface area (Å²) in [6.45, 7) is -0.693. The van der Waals surface area contributed by atoms with Gasteiger partial charge in [-0.05, 0) is 0 Å². The predicted molar refractivity (Wildman–Crippen MR) is 30.3 cm³/mol. The summed E-state index contributed by atoms with van der Waals surface area (Å²) in [5, 5.41) is 34.8. The molecule has 0 aromatic rings. The Kier molecular flexibility index (Phi) is 3.70. The molecule has 6 nitrogen and oxygen atoms in total. The number of aliphatic hydroxyl groups excluding tert-OH is 3. The molecule has 6 heteroatoms. The van der Waals surface area contributed by atoms with E-state index in [2.05, 4.69) is 0 Å². The molecule has 0 radical (unpaired) electrons. The first kappa shape index (κ1) is 9.15. The molecule has 0 fully saturated rings. The molecule has 0 rings (SSSR count). The highest BCUT2D eigenvalue weighted by molar-refractivity contribution is 5.64. The molecule has 0 aliphatic heterocycles. The van der Waals surface area contributed by atoms with Crippen LogP contribution in [0, 0.1) is 0 Å². The molecular formula is C4H9NO5. The minimum atomic E-state index is -1.64. The lowest BCUT2D eigenvalue weighted by molar-refractivity contribution is -0.0274. The zero-order valence-corrected chi connectivity index (χ0v) is 5.06. The van der Waals surface area contributed by atoms with Crippen molar-refractivity contribution in [2.24, 2.45) is 0 Å². The summed E-state index contributed by atoms with van der Waals surface area (Å²) >= 11 is 0. The van der Waals surface area contributed by atoms with Crippen molar-refractivity contribution in [3.63, 3.8) is 0 Å². The van der Waals surface area contributed by atoms with Gasteiger partial charge in [0.05, 0.1) is 6.61 Å². The van der Waals surface area contributed by atoms with E-state index in [1.807, 2.05) is 0 Å². The largest absolute Gasteiger partial charge is 0.465 e. The number of hydrogen-bond donors (Lipinski definition) is 5. The fourth-order valence-corrected chi connectivity index (χ4v) is 0.323. The van der Waals surface area contributed by atoms with Crippen molar-refractivity contribution in [3.05, 3.63) is 0 Å². The summed E-state index contributed by atoms with van der Waals surface area (Å²) in [5.41, 5.74) is 0. The maximum Gasteiger partial charge on any atom is 0.406 e. The van der Waals surface area contributed by atoms with Gasteiger partial charge in [0.25, 0.3) is 0 Å². The van der Waals surface area contributed by atoms with Crippen LogP contribution in [0.15, 0.2) is 0 Å². The molecular weight excluding hydrogens is 142 g/mol. The van der Waals surface area contributed by atoms with Crippen molar-refractivity contribution in [1.82, 2.24) is 5.32 Å². The first-order valence-corrected chi connectivity index (χ1v) is 2.54. The highest BCUT2D eigenvalue weighted by Gasteiger charge is 2.15. The van der Waals surface area contributed by atoms with Crippen LogP contribution in [0.3, 0.4) is 0 Å². The van der Waals surface area contributed by atoms with Crippen molar-refractivity contribution >= 4 is 6.09 Å². The van der Waals surface area contributed by atoms with E-state index in [0.29, 0.717) is 0 Å². The molecule has 0 heterocycles. The van der Waals surface area contributed by atoms with Gasteiger partial charge >= 0.3 is 6.09 Å². The van der Waals surface area contributed by atoms with Gasteiger partial charge in [-0.15, -0.1) is 0 Å². The molecule has 0 saturated carbocycles. The Morgan fingerprint density at radius 2 is 2.00 bits per heavy atom. The quantitative estimate of drug-likeness (QED) is 0.297. The minimum Gasteiger partial charge on any atom is -0.465 e. The van der Waals surface area contributed by atoms with E-state index in [1.54, 1.807) is 5.32 Å². The van der Waals surface area contributed by atoms with Gasteiger partial charge in [0, 0.05) is 0 Å². The number of aliphatic hydroxyl groups is 3. The summed E-state index contributed by atoms with van der Waals surface area (Å²) in [5.74, 6) is 0. The standard InChI is InChI=1S/C4H9NO5/c6-1-2(7)3(8)5-4(9)10/h2-3,5-8H,1H2,(H,9,10). The molecule has 1 amide bonds. The fraction of sp³-hybridized carbons (Fsp3) is 0.750. The van der Waals surface area contributed by atoms with Crippen LogP contribution in [0.25, 0.3) is 0 Å². The van der Waals surface area contributed by atoms with Crippen LogP contribution >= 0.6 is 0 Å². The maximum atomic E-state index is 9.77. The third-order valence-electron chi connectivity index (χ3n) is 0.823. The first-order valence-electron chi connectivity index (χ1n) is 2.54. The summed E-state index contributed by atoms with van der Waals surface area (Å²) in [6, 6.07) is 0. The average Bonchev–Trinajstić information content (AvgIpc) is 1.85. The monoisotopic (exact) mass is 151 g/mol. The van der Waals surface area contributed by atoms with Gasteiger partial charge in [-0.3, -0.25) is 5.32 Å². The highest BCUT2D eigenvalue weighted by atomic mass is 16.4. The Morgan fingerprint density at radius 3 is 2.30 bits per heavy atom. The van der Waals surface area contributed by atoms with Crippen LogP contribution in [-0.4, -0.2) is 45.5 Å². The molecule has 0 spiro atoms. The maximum absolute atomic E-state index is 9.77. The van der Waals surface area contributed by atoms with Crippen LogP contribution in [0.1, 0.15) is 0 Å². The molecule has 0 aromatic heterocycles.